The number of ether oxygens (including phenoxy) is 1. The van der Waals surface area contributed by atoms with Crippen molar-refractivity contribution in [2.24, 2.45) is 5.92 Å². The third-order valence-electron chi connectivity index (χ3n) is 9.02. The number of aryl methyl sites for hydroxylation is 1. The number of hydroxylamine groups is 1. The molecule has 0 radical (unpaired) electrons. The molecule has 49 heavy (non-hydrogen) atoms. The van der Waals surface area contributed by atoms with Gasteiger partial charge in [-0.3, -0.25) is 0 Å². The lowest BCUT2D eigenvalue weighted by Gasteiger charge is -2.38. The molecule has 4 heterocycles. The monoisotopic (exact) mass is 713 g/mol. The maximum Gasteiger partial charge on any atom is 0.312 e. The molecule has 0 spiro atoms. The molecule has 11 nitrogen and oxygen atoms in total. The minimum atomic E-state index is -4.18. The average Bonchev–Trinajstić information content (AvgIpc) is 3.11. The van der Waals surface area contributed by atoms with Crippen molar-refractivity contribution in [3.8, 4) is 5.75 Å². The standard InChI is InChI=1S/C34H38ClF2N7O4S/c1-23-4-7-28(8-5-23)49(45,46)48-42-32-22-44(15-12-29(32)30-17-26(36)6-9-31(30)37)34-40-20-27(21-41-34)47-16-2-3-24-10-13-43(14-11-24)33-38-18-25(35)19-39-33/h4-9,17-21,24,29,32,42H,2-3,10-16,22H2,1H3. The largest absolute Gasteiger partial charge is 0.490 e. The first-order valence-electron chi connectivity index (χ1n) is 16.3. The highest BCUT2D eigenvalue weighted by atomic mass is 35.5. The highest BCUT2D eigenvalue weighted by Gasteiger charge is 2.35. The van der Waals surface area contributed by atoms with E-state index in [9.17, 15) is 17.2 Å². The van der Waals surface area contributed by atoms with Crippen molar-refractivity contribution in [1.29, 1.82) is 0 Å². The van der Waals surface area contributed by atoms with Crippen LogP contribution in [0, 0.1) is 24.5 Å². The van der Waals surface area contributed by atoms with Crippen molar-refractivity contribution >= 4 is 33.6 Å². The number of halogens is 3. The van der Waals surface area contributed by atoms with Gasteiger partial charge in [-0.05, 0) is 80.8 Å². The van der Waals surface area contributed by atoms with Gasteiger partial charge in [-0.15, -0.1) is 0 Å². The lowest BCUT2D eigenvalue weighted by atomic mass is 9.85. The van der Waals surface area contributed by atoms with E-state index in [4.69, 9.17) is 20.6 Å². The maximum absolute atomic E-state index is 14.9. The number of aromatic nitrogens is 4. The molecule has 2 fully saturated rings. The van der Waals surface area contributed by atoms with Crippen molar-refractivity contribution in [1.82, 2.24) is 25.4 Å². The summed E-state index contributed by atoms with van der Waals surface area (Å²) in [6.45, 7) is 4.79. The molecular weight excluding hydrogens is 676 g/mol. The van der Waals surface area contributed by atoms with Crippen molar-refractivity contribution < 1.29 is 26.2 Å². The van der Waals surface area contributed by atoms with Crippen molar-refractivity contribution in [2.45, 2.75) is 55.9 Å². The van der Waals surface area contributed by atoms with Crippen LogP contribution in [-0.4, -0.2) is 67.2 Å². The Morgan fingerprint density at radius 2 is 1.55 bits per heavy atom. The Kier molecular flexibility index (Phi) is 11.2. The van der Waals surface area contributed by atoms with Gasteiger partial charge >= 0.3 is 10.1 Å². The Morgan fingerprint density at radius 1 is 0.898 bits per heavy atom. The molecule has 0 aliphatic carbocycles. The fraction of sp³-hybridized carbons (Fsp3) is 0.412. The molecule has 2 aromatic heterocycles. The van der Waals surface area contributed by atoms with Crippen LogP contribution in [0.25, 0.3) is 0 Å². The Morgan fingerprint density at radius 3 is 2.27 bits per heavy atom. The molecule has 2 aliphatic rings. The number of rotatable bonds is 12. The maximum atomic E-state index is 14.9. The summed E-state index contributed by atoms with van der Waals surface area (Å²) in [4.78, 5) is 21.6. The SMILES string of the molecule is Cc1ccc(S(=O)(=O)ONC2CN(c3ncc(OCCCC4CCN(c5ncc(Cl)cn5)CC4)cn3)CCC2c2cc(F)ccc2F)cc1. The van der Waals surface area contributed by atoms with Gasteiger partial charge in [-0.2, -0.15) is 18.2 Å². The highest BCUT2D eigenvalue weighted by Crippen LogP contribution is 2.33. The van der Waals surface area contributed by atoms with Gasteiger partial charge in [0.05, 0.1) is 47.4 Å². The Labute approximate surface area is 289 Å². The summed E-state index contributed by atoms with van der Waals surface area (Å²) < 4.78 is 66.1. The predicted octanol–water partition coefficient (Wildman–Crippen LogP) is 5.85. The van der Waals surface area contributed by atoms with Crippen LogP contribution in [0.3, 0.4) is 0 Å². The van der Waals surface area contributed by atoms with E-state index in [0.717, 1.165) is 62.5 Å². The zero-order valence-corrected chi connectivity index (χ0v) is 28.6. The number of anilines is 2. The van der Waals surface area contributed by atoms with E-state index in [2.05, 4.69) is 30.3 Å². The fourth-order valence-corrected chi connectivity index (χ4v) is 7.22. The van der Waals surface area contributed by atoms with Crippen LogP contribution in [0.4, 0.5) is 20.7 Å². The number of nitrogens with zero attached hydrogens (tertiary/aromatic N) is 6. The van der Waals surface area contributed by atoms with Gasteiger partial charge in [0.2, 0.25) is 11.9 Å². The van der Waals surface area contributed by atoms with E-state index < -0.39 is 33.7 Å². The molecule has 0 bridgehead atoms. The molecule has 15 heteroatoms. The molecule has 0 saturated carbocycles. The molecule has 260 valence electrons. The molecular formula is C34H38ClF2N7O4S. The first kappa shape index (κ1) is 34.9. The molecule has 4 aromatic rings. The normalized spacial score (nSPS) is 18.9. The zero-order chi connectivity index (χ0) is 34.4. The number of nitrogens with one attached hydrogen (secondary N) is 1. The lowest BCUT2D eigenvalue weighted by molar-refractivity contribution is 0.139. The quantitative estimate of drug-likeness (QED) is 0.140. The summed E-state index contributed by atoms with van der Waals surface area (Å²) in [5, 5.41) is 0.527. The summed E-state index contributed by atoms with van der Waals surface area (Å²) in [5.41, 5.74) is 3.68. The summed E-state index contributed by atoms with van der Waals surface area (Å²) >= 11 is 5.90. The molecule has 2 unspecified atom stereocenters. The van der Waals surface area contributed by atoms with Crippen LogP contribution in [0.5, 0.6) is 5.75 Å². The van der Waals surface area contributed by atoms with Crippen LogP contribution in [0.15, 0.2) is 72.1 Å². The number of hydrogen-bond acceptors (Lipinski definition) is 11. The third kappa shape index (κ3) is 8.98. The first-order chi connectivity index (χ1) is 23.6. The molecule has 6 rings (SSSR count). The van der Waals surface area contributed by atoms with E-state index in [0.29, 0.717) is 48.2 Å². The minimum Gasteiger partial charge on any atom is -0.490 e. The van der Waals surface area contributed by atoms with Gasteiger partial charge < -0.3 is 14.5 Å². The van der Waals surface area contributed by atoms with Crippen LogP contribution < -0.4 is 20.0 Å². The second-order valence-corrected chi connectivity index (χ2v) is 14.4. The van der Waals surface area contributed by atoms with Gasteiger partial charge in [-0.25, -0.2) is 28.7 Å². The van der Waals surface area contributed by atoms with E-state index in [1.54, 1.807) is 36.9 Å². The smallest absolute Gasteiger partial charge is 0.312 e. The number of hydrogen-bond donors (Lipinski definition) is 1. The van der Waals surface area contributed by atoms with Gasteiger partial charge in [0.1, 0.15) is 11.6 Å². The second-order valence-electron chi connectivity index (χ2n) is 12.4. The number of benzene rings is 2. The summed E-state index contributed by atoms with van der Waals surface area (Å²) in [6.07, 6.45) is 10.9. The molecule has 2 saturated heterocycles. The topological polar surface area (TPSA) is 123 Å². The van der Waals surface area contributed by atoms with E-state index in [-0.39, 0.29) is 17.0 Å². The van der Waals surface area contributed by atoms with Crippen LogP contribution in [-0.2, 0) is 14.4 Å². The van der Waals surface area contributed by atoms with Crippen LogP contribution in [0.2, 0.25) is 5.02 Å². The molecule has 0 amide bonds. The molecule has 2 atom stereocenters. The predicted molar refractivity (Wildman–Crippen MR) is 181 cm³/mol. The summed E-state index contributed by atoms with van der Waals surface area (Å²) in [5.74, 6) is 0.508. The van der Waals surface area contributed by atoms with E-state index in [1.807, 2.05) is 11.8 Å². The van der Waals surface area contributed by atoms with Crippen LogP contribution >= 0.6 is 11.6 Å². The lowest BCUT2D eigenvalue weighted by Crippen LogP contribution is -2.51. The summed E-state index contributed by atoms with van der Waals surface area (Å²) in [7, 11) is -4.18. The first-order valence-corrected chi connectivity index (χ1v) is 18.1. The van der Waals surface area contributed by atoms with Gasteiger partial charge in [-0.1, -0.05) is 29.3 Å². The van der Waals surface area contributed by atoms with Gasteiger partial charge in [0.25, 0.3) is 0 Å². The molecule has 2 aliphatic heterocycles. The van der Waals surface area contributed by atoms with Crippen molar-refractivity contribution in [3.05, 3.63) is 95.0 Å². The van der Waals surface area contributed by atoms with Crippen molar-refractivity contribution in [2.75, 3.05) is 42.6 Å². The Hall–Kier alpha value is -3.98. The average molecular weight is 714 g/mol. The third-order valence-corrected chi connectivity index (χ3v) is 10.4. The zero-order valence-electron chi connectivity index (χ0n) is 27.0. The Balaban J connectivity index is 1.02. The van der Waals surface area contributed by atoms with Gasteiger partial charge in [0.15, 0.2) is 5.75 Å². The second kappa shape index (κ2) is 15.7. The molecule has 1 N–H and O–H groups in total. The van der Waals surface area contributed by atoms with E-state index in [1.165, 1.54) is 12.1 Å². The minimum absolute atomic E-state index is 0.0275. The fourth-order valence-electron chi connectivity index (χ4n) is 6.30. The van der Waals surface area contributed by atoms with Crippen LogP contribution in [0.1, 0.15) is 49.1 Å². The molecule has 2 aromatic carbocycles. The van der Waals surface area contributed by atoms with Crippen molar-refractivity contribution in [3.63, 3.8) is 0 Å². The highest BCUT2D eigenvalue weighted by molar-refractivity contribution is 7.86. The van der Waals surface area contributed by atoms with E-state index >= 15 is 0 Å². The summed E-state index contributed by atoms with van der Waals surface area (Å²) in [6, 6.07) is 8.74. The van der Waals surface area contributed by atoms with Gasteiger partial charge in [0, 0.05) is 32.1 Å². The number of piperidine rings is 2. The Bertz CT molecular complexity index is 1800.